The average Bonchev–Trinajstić information content (AvgIpc) is 2.70. The number of aliphatic imine (C=N–C) groups is 1. The van der Waals surface area contributed by atoms with Gasteiger partial charge in [-0.3, -0.25) is 4.99 Å². The van der Waals surface area contributed by atoms with Gasteiger partial charge in [-0.15, -0.1) is 0 Å². The summed E-state index contributed by atoms with van der Waals surface area (Å²) in [4.78, 5) is 23.3. The van der Waals surface area contributed by atoms with Gasteiger partial charge in [0, 0.05) is 52.9 Å². The van der Waals surface area contributed by atoms with Crippen LogP contribution in [0.5, 0.6) is 0 Å². The van der Waals surface area contributed by atoms with E-state index in [0.717, 1.165) is 58.4 Å². The molecule has 0 bridgehead atoms. The molecule has 2 saturated heterocycles. The highest BCUT2D eigenvalue weighted by molar-refractivity contribution is 5.80. The molecule has 0 atom stereocenters. The molecule has 1 amide bonds. The fraction of sp³-hybridized carbons (Fsp3) is 0.895. The van der Waals surface area contributed by atoms with Gasteiger partial charge in [-0.1, -0.05) is 0 Å². The number of hydrogen-bond acceptors (Lipinski definition) is 5. The van der Waals surface area contributed by atoms with Crippen LogP contribution < -0.4 is 5.32 Å². The van der Waals surface area contributed by atoms with Crippen molar-refractivity contribution >= 4 is 12.1 Å². The lowest BCUT2D eigenvalue weighted by molar-refractivity contribution is 0.0914. The summed E-state index contributed by atoms with van der Waals surface area (Å²) in [6.45, 7) is 13.1. The highest BCUT2D eigenvalue weighted by Crippen LogP contribution is 2.17. The number of carbonyl (C=O) groups is 1. The van der Waals surface area contributed by atoms with E-state index in [0.29, 0.717) is 25.6 Å². The lowest BCUT2D eigenvalue weighted by Crippen LogP contribution is -2.54. The van der Waals surface area contributed by atoms with E-state index in [9.17, 15) is 4.79 Å². The first kappa shape index (κ1) is 21.8. The molecule has 8 nitrogen and oxygen atoms in total. The zero-order valence-electron chi connectivity index (χ0n) is 17.3. The molecular weight excluding hydrogens is 346 g/mol. The molecule has 1 N–H and O–H groups in total. The van der Waals surface area contributed by atoms with Crippen LogP contribution in [0.2, 0.25) is 0 Å². The van der Waals surface area contributed by atoms with Crippen molar-refractivity contribution in [1.82, 2.24) is 20.0 Å². The summed E-state index contributed by atoms with van der Waals surface area (Å²) < 4.78 is 10.3. The largest absolute Gasteiger partial charge is 0.450 e. The van der Waals surface area contributed by atoms with Gasteiger partial charge < -0.3 is 29.5 Å². The highest BCUT2D eigenvalue weighted by atomic mass is 16.6. The molecule has 0 aromatic heterocycles. The summed E-state index contributed by atoms with van der Waals surface area (Å²) in [5.74, 6) is 1.63. The van der Waals surface area contributed by atoms with Crippen LogP contribution in [-0.4, -0.2) is 106 Å². The van der Waals surface area contributed by atoms with Gasteiger partial charge in [-0.25, -0.2) is 4.79 Å². The molecule has 2 fully saturated rings. The van der Waals surface area contributed by atoms with Gasteiger partial charge in [0.1, 0.15) is 0 Å². The van der Waals surface area contributed by atoms with Crippen LogP contribution in [0.3, 0.4) is 0 Å². The summed E-state index contributed by atoms with van der Waals surface area (Å²) in [6, 6.07) is 0. The van der Waals surface area contributed by atoms with Gasteiger partial charge in [0.2, 0.25) is 0 Å². The molecule has 0 saturated carbocycles. The monoisotopic (exact) mass is 383 g/mol. The van der Waals surface area contributed by atoms with Crippen LogP contribution in [0.25, 0.3) is 0 Å². The Hall–Kier alpha value is -1.54. The number of carbonyl (C=O) groups excluding carboxylic acids is 1. The first-order chi connectivity index (χ1) is 13.2. The van der Waals surface area contributed by atoms with E-state index in [1.165, 1.54) is 12.8 Å². The number of piperazine rings is 1. The Balaban J connectivity index is 1.79. The number of guanidine groups is 1. The number of hydrogen-bond donors (Lipinski definition) is 1. The van der Waals surface area contributed by atoms with Crippen molar-refractivity contribution in [3.05, 3.63) is 0 Å². The van der Waals surface area contributed by atoms with Gasteiger partial charge >= 0.3 is 6.09 Å². The van der Waals surface area contributed by atoms with Crippen molar-refractivity contribution in [2.24, 2.45) is 10.9 Å². The van der Waals surface area contributed by atoms with Crippen molar-refractivity contribution < 1.29 is 14.3 Å². The molecule has 0 aromatic rings. The quantitative estimate of drug-likeness (QED) is 0.524. The molecule has 2 rings (SSSR count). The molecule has 2 aliphatic rings. The summed E-state index contributed by atoms with van der Waals surface area (Å²) in [7, 11) is 1.76. The second kappa shape index (κ2) is 12.0. The van der Waals surface area contributed by atoms with Crippen LogP contribution >= 0.6 is 0 Å². The molecule has 2 aliphatic heterocycles. The topological polar surface area (TPSA) is 69.6 Å². The van der Waals surface area contributed by atoms with E-state index < -0.39 is 0 Å². The first-order valence-corrected chi connectivity index (χ1v) is 10.3. The Bertz CT molecular complexity index is 458. The van der Waals surface area contributed by atoms with Gasteiger partial charge in [0.05, 0.1) is 13.2 Å². The van der Waals surface area contributed by atoms with Gasteiger partial charge in [0.25, 0.3) is 0 Å². The maximum absolute atomic E-state index is 11.9. The molecule has 156 valence electrons. The SMILES string of the molecule is CCNC(=NCC1CCN(CCOC)CC1)N1CCN(C(=O)OCC)CC1. The Labute approximate surface area is 163 Å². The minimum absolute atomic E-state index is 0.209. The molecule has 0 unspecified atom stereocenters. The molecule has 0 spiro atoms. The smallest absolute Gasteiger partial charge is 0.409 e. The number of likely N-dealkylation sites (tertiary alicyclic amines) is 1. The van der Waals surface area contributed by atoms with Gasteiger partial charge in [-0.2, -0.15) is 0 Å². The van der Waals surface area contributed by atoms with Crippen molar-refractivity contribution in [2.45, 2.75) is 26.7 Å². The van der Waals surface area contributed by atoms with Crippen molar-refractivity contribution in [3.63, 3.8) is 0 Å². The first-order valence-electron chi connectivity index (χ1n) is 10.3. The number of nitrogens with one attached hydrogen (secondary N) is 1. The van der Waals surface area contributed by atoms with Crippen molar-refractivity contribution in [3.8, 4) is 0 Å². The molecule has 27 heavy (non-hydrogen) atoms. The number of rotatable bonds is 7. The third-order valence-corrected chi connectivity index (χ3v) is 5.26. The Morgan fingerprint density at radius 3 is 2.33 bits per heavy atom. The minimum Gasteiger partial charge on any atom is -0.450 e. The lowest BCUT2D eigenvalue weighted by Gasteiger charge is -2.36. The minimum atomic E-state index is -0.209. The van der Waals surface area contributed by atoms with Crippen molar-refractivity contribution in [2.75, 3.05) is 79.2 Å². The van der Waals surface area contributed by atoms with Crippen LogP contribution in [0.4, 0.5) is 4.79 Å². The van der Waals surface area contributed by atoms with Gasteiger partial charge in [0.15, 0.2) is 5.96 Å². The van der Waals surface area contributed by atoms with Gasteiger partial charge in [-0.05, 0) is 45.7 Å². The molecule has 0 aliphatic carbocycles. The fourth-order valence-corrected chi connectivity index (χ4v) is 3.57. The third-order valence-electron chi connectivity index (χ3n) is 5.26. The zero-order chi connectivity index (χ0) is 19.5. The Morgan fingerprint density at radius 1 is 1.07 bits per heavy atom. The van der Waals surface area contributed by atoms with Crippen LogP contribution in [0, 0.1) is 5.92 Å². The van der Waals surface area contributed by atoms with E-state index in [1.807, 2.05) is 6.92 Å². The highest BCUT2D eigenvalue weighted by Gasteiger charge is 2.24. The summed E-state index contributed by atoms with van der Waals surface area (Å²) in [5.41, 5.74) is 0. The second-order valence-electron chi connectivity index (χ2n) is 7.15. The normalized spacial score (nSPS) is 20.0. The maximum Gasteiger partial charge on any atom is 0.409 e. The number of ether oxygens (including phenoxy) is 2. The number of nitrogens with zero attached hydrogens (tertiary/aromatic N) is 4. The summed E-state index contributed by atoms with van der Waals surface area (Å²) in [6.07, 6.45) is 2.19. The molecule has 8 heteroatoms. The van der Waals surface area contributed by atoms with Crippen LogP contribution in [0.15, 0.2) is 4.99 Å². The summed E-state index contributed by atoms with van der Waals surface area (Å²) >= 11 is 0. The maximum atomic E-state index is 11.9. The van der Waals surface area contributed by atoms with Crippen LogP contribution in [0.1, 0.15) is 26.7 Å². The Morgan fingerprint density at radius 2 is 1.74 bits per heavy atom. The molecule has 0 radical (unpaired) electrons. The number of amides is 1. The predicted octanol–water partition coefficient (Wildman–Crippen LogP) is 1.08. The Kier molecular flexibility index (Phi) is 9.69. The summed E-state index contributed by atoms with van der Waals surface area (Å²) in [5, 5.41) is 3.41. The van der Waals surface area contributed by atoms with E-state index in [2.05, 4.69) is 22.0 Å². The van der Waals surface area contributed by atoms with Crippen molar-refractivity contribution in [1.29, 1.82) is 0 Å². The second-order valence-corrected chi connectivity index (χ2v) is 7.15. The van der Waals surface area contributed by atoms with E-state index in [1.54, 1.807) is 12.0 Å². The zero-order valence-corrected chi connectivity index (χ0v) is 17.3. The van der Waals surface area contributed by atoms with E-state index in [4.69, 9.17) is 14.5 Å². The number of methoxy groups -OCH3 is 1. The third kappa shape index (κ3) is 7.18. The average molecular weight is 384 g/mol. The molecular formula is C19H37N5O3. The fourth-order valence-electron chi connectivity index (χ4n) is 3.57. The molecule has 2 heterocycles. The lowest BCUT2D eigenvalue weighted by atomic mass is 9.97. The molecule has 0 aromatic carbocycles. The predicted molar refractivity (Wildman–Crippen MR) is 107 cm³/mol. The standard InChI is InChI=1S/C19H37N5O3/c1-4-20-18(23-10-12-24(13-11-23)19(25)27-5-2)21-16-17-6-8-22(9-7-17)14-15-26-3/h17H,4-16H2,1-3H3,(H,20,21). The van der Waals surface area contributed by atoms with E-state index in [-0.39, 0.29) is 6.09 Å². The number of piperidine rings is 1. The van der Waals surface area contributed by atoms with E-state index >= 15 is 0 Å². The van der Waals surface area contributed by atoms with Crippen LogP contribution in [-0.2, 0) is 9.47 Å².